The Kier molecular flexibility index (Phi) is 9.35. The molecule has 0 aromatic heterocycles. The molecular formula is C19H27N5O4. The second kappa shape index (κ2) is 11.5. The van der Waals surface area contributed by atoms with Crippen molar-refractivity contribution in [2.75, 3.05) is 19.6 Å². The highest BCUT2D eigenvalue weighted by Gasteiger charge is 2.19. The first kappa shape index (κ1) is 22.8. The Morgan fingerprint density at radius 2 is 1.89 bits per heavy atom. The zero-order valence-electron chi connectivity index (χ0n) is 16.2. The van der Waals surface area contributed by atoms with Gasteiger partial charge in [0, 0.05) is 19.0 Å². The van der Waals surface area contributed by atoms with Gasteiger partial charge in [0.25, 0.3) is 0 Å². The van der Waals surface area contributed by atoms with E-state index in [1.54, 1.807) is 24.3 Å². The second-order valence-electron chi connectivity index (χ2n) is 6.35. The zero-order valence-corrected chi connectivity index (χ0v) is 16.2. The van der Waals surface area contributed by atoms with Gasteiger partial charge >= 0.3 is 0 Å². The molecule has 0 radical (unpaired) electrons. The molecule has 0 bridgehead atoms. The molecule has 5 N–H and O–H groups in total. The molecule has 0 aliphatic carbocycles. The van der Waals surface area contributed by atoms with Crippen molar-refractivity contribution < 1.29 is 19.2 Å². The Bertz CT molecular complexity index is 718. The minimum atomic E-state index is -0.746. The Labute approximate surface area is 164 Å². The van der Waals surface area contributed by atoms with Crippen LogP contribution in [0.15, 0.2) is 24.3 Å². The summed E-state index contributed by atoms with van der Waals surface area (Å²) >= 11 is 0. The average Bonchev–Trinajstić information content (AvgIpc) is 2.65. The van der Waals surface area contributed by atoms with Crippen molar-refractivity contribution in [1.29, 1.82) is 5.41 Å². The van der Waals surface area contributed by atoms with Gasteiger partial charge in [-0.25, -0.2) is 0 Å². The van der Waals surface area contributed by atoms with E-state index in [4.69, 9.17) is 11.1 Å². The molecule has 0 fully saturated rings. The molecule has 9 heteroatoms. The predicted molar refractivity (Wildman–Crippen MR) is 105 cm³/mol. The lowest BCUT2D eigenvalue weighted by atomic mass is 10.0. The van der Waals surface area contributed by atoms with Crippen LogP contribution in [0.25, 0.3) is 0 Å². The number of nitrogens with one attached hydrogen (secondary N) is 3. The molecule has 1 aromatic rings. The Hall–Kier alpha value is -3.23. The summed E-state index contributed by atoms with van der Waals surface area (Å²) in [5.41, 5.74) is 6.78. The van der Waals surface area contributed by atoms with E-state index in [1.165, 1.54) is 11.8 Å². The number of nitrogens with zero attached hydrogens (tertiary/aromatic N) is 1. The average molecular weight is 389 g/mol. The lowest BCUT2D eigenvalue weighted by molar-refractivity contribution is -0.136. The number of carbonyl (C=O) groups excluding carboxylic acids is 4. The first-order chi connectivity index (χ1) is 13.3. The van der Waals surface area contributed by atoms with Crippen LogP contribution in [0.5, 0.6) is 0 Å². The minimum Gasteiger partial charge on any atom is -0.384 e. The van der Waals surface area contributed by atoms with E-state index in [9.17, 15) is 19.2 Å². The topological polar surface area (TPSA) is 145 Å². The van der Waals surface area contributed by atoms with Crippen LogP contribution < -0.4 is 16.4 Å². The Morgan fingerprint density at radius 1 is 1.25 bits per heavy atom. The molecule has 1 aromatic carbocycles. The monoisotopic (exact) mass is 389 g/mol. The van der Waals surface area contributed by atoms with Crippen LogP contribution in [0, 0.1) is 5.41 Å². The number of aldehydes is 1. The standard InChI is InChI=1S/C19H27N5O4/c1-3-8-24(18(28)10-22-13(2)26)11-17(27)23-16(12-25)9-14-4-6-15(7-5-14)19(20)21/h4-7,12,16H,3,8-11H2,1-2H3,(H3,20,21)(H,22,26)(H,23,27). The molecule has 152 valence electrons. The van der Waals surface area contributed by atoms with Gasteiger partial charge in [-0.1, -0.05) is 31.2 Å². The number of hydrogen-bond donors (Lipinski definition) is 4. The maximum absolute atomic E-state index is 12.3. The molecule has 0 spiro atoms. The fraction of sp³-hybridized carbons (Fsp3) is 0.421. The molecule has 1 unspecified atom stereocenters. The van der Waals surface area contributed by atoms with Gasteiger partial charge in [-0.3, -0.25) is 19.8 Å². The van der Waals surface area contributed by atoms with Crippen molar-refractivity contribution in [3.63, 3.8) is 0 Å². The van der Waals surface area contributed by atoms with Gasteiger partial charge in [0.05, 0.1) is 19.1 Å². The van der Waals surface area contributed by atoms with Gasteiger partial charge < -0.3 is 26.1 Å². The normalized spacial score (nSPS) is 11.2. The predicted octanol–water partition coefficient (Wildman–Crippen LogP) is -0.428. The van der Waals surface area contributed by atoms with Crippen LogP contribution in [0.1, 0.15) is 31.4 Å². The van der Waals surface area contributed by atoms with E-state index < -0.39 is 11.9 Å². The number of amidine groups is 1. The number of rotatable bonds is 11. The van der Waals surface area contributed by atoms with Crippen LogP contribution in [0.2, 0.25) is 0 Å². The fourth-order valence-electron chi connectivity index (χ4n) is 2.51. The first-order valence-corrected chi connectivity index (χ1v) is 8.97. The van der Waals surface area contributed by atoms with Crippen LogP contribution in [0.3, 0.4) is 0 Å². The second-order valence-corrected chi connectivity index (χ2v) is 6.35. The number of amides is 3. The molecule has 0 heterocycles. The highest BCUT2D eigenvalue weighted by Crippen LogP contribution is 2.06. The van der Waals surface area contributed by atoms with Crippen molar-refractivity contribution in [3.05, 3.63) is 35.4 Å². The maximum atomic E-state index is 12.3. The zero-order chi connectivity index (χ0) is 21.1. The Morgan fingerprint density at radius 3 is 2.39 bits per heavy atom. The smallest absolute Gasteiger partial charge is 0.242 e. The van der Waals surface area contributed by atoms with Crippen molar-refractivity contribution in [1.82, 2.24) is 15.5 Å². The van der Waals surface area contributed by atoms with Crippen LogP contribution in [-0.4, -0.2) is 60.4 Å². The quantitative estimate of drug-likeness (QED) is 0.230. The van der Waals surface area contributed by atoms with Crippen molar-refractivity contribution in [2.45, 2.75) is 32.7 Å². The number of nitrogen functional groups attached to an aromatic ring is 1. The van der Waals surface area contributed by atoms with Gasteiger partial charge in [-0.15, -0.1) is 0 Å². The first-order valence-electron chi connectivity index (χ1n) is 8.97. The van der Waals surface area contributed by atoms with E-state index in [-0.39, 0.29) is 37.2 Å². The summed E-state index contributed by atoms with van der Waals surface area (Å²) in [6, 6.07) is 6.07. The molecule has 0 saturated heterocycles. The summed E-state index contributed by atoms with van der Waals surface area (Å²) in [5, 5.41) is 12.4. The summed E-state index contributed by atoms with van der Waals surface area (Å²) in [5.74, 6) is -1.20. The van der Waals surface area contributed by atoms with Gasteiger partial charge in [0.15, 0.2) is 0 Å². The third-order valence-electron chi connectivity index (χ3n) is 3.90. The summed E-state index contributed by atoms with van der Waals surface area (Å²) in [6.07, 6.45) is 1.57. The third kappa shape index (κ3) is 7.98. The van der Waals surface area contributed by atoms with E-state index in [2.05, 4.69) is 10.6 Å². The number of nitrogens with two attached hydrogens (primary N) is 1. The largest absolute Gasteiger partial charge is 0.384 e. The van der Waals surface area contributed by atoms with Crippen molar-refractivity contribution >= 4 is 29.8 Å². The van der Waals surface area contributed by atoms with E-state index in [1.807, 2.05) is 6.92 Å². The van der Waals surface area contributed by atoms with E-state index >= 15 is 0 Å². The summed E-state index contributed by atoms with van der Waals surface area (Å²) in [7, 11) is 0. The molecular weight excluding hydrogens is 362 g/mol. The molecule has 1 atom stereocenters. The number of benzene rings is 1. The van der Waals surface area contributed by atoms with Gasteiger partial charge in [0.2, 0.25) is 17.7 Å². The molecule has 0 saturated carbocycles. The molecule has 9 nitrogen and oxygen atoms in total. The lowest BCUT2D eigenvalue weighted by Gasteiger charge is -2.23. The molecule has 3 amide bonds. The number of hydrogen-bond acceptors (Lipinski definition) is 5. The SMILES string of the molecule is CCCN(CC(=O)NC(C=O)Cc1ccc(C(=N)N)cc1)C(=O)CNC(C)=O. The molecule has 0 aliphatic heterocycles. The highest BCUT2D eigenvalue weighted by molar-refractivity contribution is 5.94. The van der Waals surface area contributed by atoms with E-state index in [0.29, 0.717) is 24.8 Å². The highest BCUT2D eigenvalue weighted by atomic mass is 16.2. The maximum Gasteiger partial charge on any atom is 0.242 e. The molecule has 28 heavy (non-hydrogen) atoms. The van der Waals surface area contributed by atoms with Crippen LogP contribution in [-0.2, 0) is 25.6 Å². The summed E-state index contributed by atoms with van der Waals surface area (Å²) in [4.78, 5) is 48.1. The fourth-order valence-corrected chi connectivity index (χ4v) is 2.51. The molecule has 1 rings (SSSR count). The summed E-state index contributed by atoms with van der Waals surface area (Å²) < 4.78 is 0. The minimum absolute atomic E-state index is 0.0493. The van der Waals surface area contributed by atoms with E-state index in [0.717, 1.165) is 5.56 Å². The van der Waals surface area contributed by atoms with Crippen LogP contribution >= 0.6 is 0 Å². The van der Waals surface area contributed by atoms with Gasteiger partial charge in [0.1, 0.15) is 12.1 Å². The van der Waals surface area contributed by atoms with Crippen LogP contribution in [0.4, 0.5) is 0 Å². The number of carbonyl (C=O) groups is 4. The Balaban J connectivity index is 2.65. The molecule has 0 aliphatic rings. The van der Waals surface area contributed by atoms with Crippen molar-refractivity contribution in [3.8, 4) is 0 Å². The van der Waals surface area contributed by atoms with Crippen molar-refractivity contribution in [2.24, 2.45) is 5.73 Å². The third-order valence-corrected chi connectivity index (χ3v) is 3.90. The lowest BCUT2D eigenvalue weighted by Crippen LogP contribution is -2.48. The van der Waals surface area contributed by atoms with Gasteiger partial charge in [-0.05, 0) is 18.4 Å². The summed E-state index contributed by atoms with van der Waals surface area (Å²) in [6.45, 7) is 3.17. The van der Waals surface area contributed by atoms with Gasteiger partial charge in [-0.2, -0.15) is 0 Å².